The summed E-state index contributed by atoms with van der Waals surface area (Å²) in [5.41, 5.74) is 0.831. The van der Waals surface area contributed by atoms with Gasteiger partial charge in [0.15, 0.2) is 0 Å². The summed E-state index contributed by atoms with van der Waals surface area (Å²) >= 11 is 5.86. The number of carbonyl (C=O) groups is 2. The van der Waals surface area contributed by atoms with Crippen LogP contribution in [0.2, 0.25) is 5.02 Å². The molecule has 1 heterocycles. The van der Waals surface area contributed by atoms with Gasteiger partial charge < -0.3 is 15.3 Å². The van der Waals surface area contributed by atoms with Crippen molar-refractivity contribution < 1.29 is 14.7 Å². The van der Waals surface area contributed by atoms with Crippen LogP contribution in [-0.2, 0) is 9.59 Å². The third kappa shape index (κ3) is 4.98. The van der Waals surface area contributed by atoms with Gasteiger partial charge in [0, 0.05) is 18.1 Å². The predicted molar refractivity (Wildman–Crippen MR) is 92.2 cm³/mol. The summed E-state index contributed by atoms with van der Waals surface area (Å²) in [5.74, 6) is 1.82. The van der Waals surface area contributed by atoms with Crippen molar-refractivity contribution in [3.63, 3.8) is 0 Å². The number of aliphatic hydroxyl groups is 1. The minimum atomic E-state index is -0.571. The van der Waals surface area contributed by atoms with E-state index in [4.69, 9.17) is 18.0 Å². The van der Waals surface area contributed by atoms with Crippen LogP contribution < -0.4 is 5.32 Å². The average molecular weight is 349 g/mol. The van der Waals surface area contributed by atoms with Crippen molar-refractivity contribution in [3.8, 4) is 12.3 Å². The highest BCUT2D eigenvalue weighted by Gasteiger charge is 2.28. The zero-order chi connectivity index (χ0) is 17.5. The van der Waals surface area contributed by atoms with Crippen LogP contribution in [0.15, 0.2) is 24.3 Å². The maximum atomic E-state index is 12.1. The van der Waals surface area contributed by atoms with E-state index in [-0.39, 0.29) is 30.7 Å². The molecule has 0 saturated carbocycles. The Morgan fingerprint density at radius 3 is 2.54 bits per heavy atom. The molecule has 1 atom stereocenters. The molecule has 1 aliphatic rings. The van der Waals surface area contributed by atoms with Crippen molar-refractivity contribution >= 4 is 23.4 Å². The van der Waals surface area contributed by atoms with Gasteiger partial charge in [0.2, 0.25) is 11.8 Å². The van der Waals surface area contributed by atoms with Crippen molar-refractivity contribution in [1.29, 1.82) is 0 Å². The van der Waals surface area contributed by atoms with E-state index in [0.29, 0.717) is 31.0 Å². The molecule has 5 nitrogen and oxygen atoms in total. The topological polar surface area (TPSA) is 69.6 Å². The number of amides is 2. The van der Waals surface area contributed by atoms with Crippen LogP contribution in [0.3, 0.4) is 0 Å². The van der Waals surface area contributed by atoms with Crippen molar-refractivity contribution in [2.24, 2.45) is 5.92 Å². The van der Waals surface area contributed by atoms with E-state index in [1.807, 2.05) is 12.1 Å². The molecule has 2 N–H and O–H groups in total. The van der Waals surface area contributed by atoms with E-state index in [9.17, 15) is 14.7 Å². The molecule has 1 aromatic carbocycles. The number of aliphatic hydroxyl groups excluding tert-OH is 1. The number of hydrogen-bond acceptors (Lipinski definition) is 3. The SMILES string of the molecule is C#CCNC(=O)CC(=O)N1CCC(C(O)c2ccc(Cl)cc2)CC1. The quantitative estimate of drug-likeness (QED) is 0.629. The van der Waals surface area contributed by atoms with Gasteiger partial charge in [0.25, 0.3) is 0 Å². The van der Waals surface area contributed by atoms with E-state index < -0.39 is 6.10 Å². The molecule has 6 heteroatoms. The van der Waals surface area contributed by atoms with E-state index in [1.54, 1.807) is 17.0 Å². The van der Waals surface area contributed by atoms with Gasteiger partial charge in [0.05, 0.1) is 12.6 Å². The Morgan fingerprint density at radius 1 is 1.33 bits per heavy atom. The summed E-state index contributed by atoms with van der Waals surface area (Å²) in [4.78, 5) is 25.3. The Balaban J connectivity index is 1.82. The van der Waals surface area contributed by atoms with E-state index in [1.165, 1.54) is 0 Å². The molecule has 0 bridgehead atoms. The van der Waals surface area contributed by atoms with Gasteiger partial charge in [-0.1, -0.05) is 29.7 Å². The van der Waals surface area contributed by atoms with Gasteiger partial charge in [-0.25, -0.2) is 0 Å². The van der Waals surface area contributed by atoms with Crippen molar-refractivity contribution in [3.05, 3.63) is 34.9 Å². The molecule has 0 radical (unpaired) electrons. The fraction of sp³-hybridized carbons (Fsp3) is 0.444. The van der Waals surface area contributed by atoms with Crippen molar-refractivity contribution in [2.75, 3.05) is 19.6 Å². The van der Waals surface area contributed by atoms with Crippen molar-refractivity contribution in [2.45, 2.75) is 25.4 Å². The smallest absolute Gasteiger partial charge is 0.232 e. The van der Waals surface area contributed by atoms with Crippen LogP contribution in [0.5, 0.6) is 0 Å². The van der Waals surface area contributed by atoms with Gasteiger partial charge in [-0.05, 0) is 36.5 Å². The first-order valence-corrected chi connectivity index (χ1v) is 8.30. The number of carbonyl (C=O) groups excluding carboxylic acids is 2. The second-order valence-electron chi connectivity index (χ2n) is 5.87. The molecule has 0 spiro atoms. The summed E-state index contributed by atoms with van der Waals surface area (Å²) in [6, 6.07) is 7.15. The number of nitrogens with one attached hydrogen (secondary N) is 1. The third-order valence-corrected chi connectivity index (χ3v) is 4.50. The highest BCUT2D eigenvalue weighted by Crippen LogP contribution is 2.31. The molecule has 1 unspecified atom stereocenters. The van der Waals surface area contributed by atoms with Crippen LogP contribution in [0.1, 0.15) is 30.9 Å². The number of benzene rings is 1. The summed E-state index contributed by atoms with van der Waals surface area (Å²) in [5, 5.41) is 13.6. The number of rotatable bonds is 5. The highest BCUT2D eigenvalue weighted by molar-refractivity contribution is 6.30. The molecule has 2 amide bonds. The number of hydrogen-bond donors (Lipinski definition) is 2. The van der Waals surface area contributed by atoms with Gasteiger partial charge in [-0.15, -0.1) is 6.42 Å². The molecular weight excluding hydrogens is 328 g/mol. The zero-order valence-electron chi connectivity index (χ0n) is 13.4. The predicted octanol–water partition coefficient (Wildman–Crippen LogP) is 1.75. The van der Waals surface area contributed by atoms with Crippen LogP contribution in [0, 0.1) is 18.3 Å². The van der Waals surface area contributed by atoms with Crippen LogP contribution in [-0.4, -0.2) is 41.5 Å². The standard InChI is InChI=1S/C18H21ClN2O3/c1-2-9-20-16(22)12-17(23)21-10-7-14(8-11-21)18(24)13-3-5-15(19)6-4-13/h1,3-6,14,18,24H,7-12H2,(H,20,22). The van der Waals surface area contributed by atoms with E-state index >= 15 is 0 Å². The summed E-state index contributed by atoms with van der Waals surface area (Å²) in [7, 11) is 0. The van der Waals surface area contributed by atoms with Gasteiger partial charge >= 0.3 is 0 Å². The molecule has 1 aliphatic heterocycles. The lowest BCUT2D eigenvalue weighted by molar-refractivity contribution is -0.137. The number of likely N-dealkylation sites (tertiary alicyclic amines) is 1. The lowest BCUT2D eigenvalue weighted by Crippen LogP contribution is -2.41. The normalized spacial score (nSPS) is 16.3. The Labute approximate surface area is 147 Å². The number of nitrogens with zero attached hydrogens (tertiary/aromatic N) is 1. The Bertz CT molecular complexity index is 616. The monoisotopic (exact) mass is 348 g/mol. The minimum Gasteiger partial charge on any atom is -0.388 e. The second-order valence-corrected chi connectivity index (χ2v) is 6.31. The maximum absolute atomic E-state index is 12.1. The molecule has 0 aromatic heterocycles. The third-order valence-electron chi connectivity index (χ3n) is 4.25. The molecule has 24 heavy (non-hydrogen) atoms. The summed E-state index contributed by atoms with van der Waals surface area (Å²) in [6.45, 7) is 1.20. The molecule has 0 aliphatic carbocycles. The van der Waals surface area contributed by atoms with Gasteiger partial charge in [0.1, 0.15) is 6.42 Å². The van der Waals surface area contributed by atoms with Crippen LogP contribution >= 0.6 is 11.6 Å². The lowest BCUT2D eigenvalue weighted by Gasteiger charge is -2.34. The molecule has 1 aromatic rings. The summed E-state index contributed by atoms with van der Waals surface area (Å²) in [6.07, 6.45) is 5.69. The first-order chi connectivity index (χ1) is 11.5. The molecule has 2 rings (SSSR count). The first-order valence-electron chi connectivity index (χ1n) is 7.92. The van der Waals surface area contributed by atoms with Crippen LogP contribution in [0.25, 0.3) is 0 Å². The molecule has 128 valence electrons. The average Bonchev–Trinajstić information content (AvgIpc) is 2.60. The maximum Gasteiger partial charge on any atom is 0.232 e. The minimum absolute atomic E-state index is 0.0884. The van der Waals surface area contributed by atoms with Crippen molar-refractivity contribution in [1.82, 2.24) is 10.2 Å². The second kappa shape index (κ2) is 8.72. The first kappa shape index (κ1) is 18.3. The Hall–Kier alpha value is -2.03. The fourth-order valence-corrected chi connectivity index (χ4v) is 2.98. The number of halogens is 1. The van der Waals surface area contributed by atoms with Gasteiger partial charge in [-0.2, -0.15) is 0 Å². The lowest BCUT2D eigenvalue weighted by atomic mass is 9.87. The zero-order valence-corrected chi connectivity index (χ0v) is 14.1. The van der Waals surface area contributed by atoms with Crippen LogP contribution in [0.4, 0.5) is 0 Å². The van der Waals surface area contributed by atoms with E-state index in [0.717, 1.165) is 5.56 Å². The largest absolute Gasteiger partial charge is 0.388 e. The summed E-state index contributed by atoms with van der Waals surface area (Å²) < 4.78 is 0. The number of terminal acetylenes is 1. The highest BCUT2D eigenvalue weighted by atomic mass is 35.5. The molecule has 1 saturated heterocycles. The molecular formula is C18H21ClN2O3. The molecule has 1 fully saturated rings. The fourth-order valence-electron chi connectivity index (χ4n) is 2.86. The number of piperidine rings is 1. The Morgan fingerprint density at radius 2 is 1.96 bits per heavy atom. The van der Waals surface area contributed by atoms with E-state index in [2.05, 4.69) is 11.2 Å². The van der Waals surface area contributed by atoms with Gasteiger partial charge in [-0.3, -0.25) is 9.59 Å². The Kier molecular flexibility index (Phi) is 6.65.